The van der Waals surface area contributed by atoms with Crippen LogP contribution in [-0.2, 0) is 6.54 Å². The van der Waals surface area contributed by atoms with Crippen molar-refractivity contribution < 1.29 is 9.50 Å². The van der Waals surface area contributed by atoms with Gasteiger partial charge >= 0.3 is 0 Å². The molecule has 0 heterocycles. The van der Waals surface area contributed by atoms with E-state index in [1.165, 1.54) is 12.1 Å². The summed E-state index contributed by atoms with van der Waals surface area (Å²) in [4.78, 5) is 0. The van der Waals surface area contributed by atoms with E-state index in [1.54, 1.807) is 6.07 Å². The number of aliphatic hydroxyl groups is 1. The quantitative estimate of drug-likeness (QED) is 0.755. The normalized spacial score (nSPS) is 12.7. The number of halogens is 1. The minimum absolute atomic E-state index is 0.219. The summed E-state index contributed by atoms with van der Waals surface area (Å²) >= 11 is 0. The van der Waals surface area contributed by atoms with E-state index in [1.807, 2.05) is 13.0 Å². The summed E-state index contributed by atoms with van der Waals surface area (Å²) in [6.07, 6.45) is 1.47. The highest BCUT2D eigenvalue weighted by molar-refractivity contribution is 5.15. The maximum atomic E-state index is 12.8. The summed E-state index contributed by atoms with van der Waals surface area (Å²) in [5.74, 6) is -0.219. The monoisotopic (exact) mass is 211 g/mol. The lowest BCUT2D eigenvalue weighted by molar-refractivity contribution is 0.160. The molecule has 0 unspecified atom stereocenters. The Morgan fingerprint density at radius 2 is 2.27 bits per heavy atom. The Kier molecular flexibility index (Phi) is 5.29. The maximum absolute atomic E-state index is 12.8. The number of hydrogen-bond acceptors (Lipinski definition) is 2. The van der Waals surface area contributed by atoms with Crippen LogP contribution in [0.2, 0.25) is 0 Å². The van der Waals surface area contributed by atoms with Crippen LogP contribution in [0.25, 0.3) is 0 Å². The lowest BCUT2D eigenvalue weighted by atomic mass is 10.2. The molecule has 0 aliphatic carbocycles. The molecule has 0 bridgehead atoms. The third kappa shape index (κ3) is 4.91. The van der Waals surface area contributed by atoms with E-state index in [2.05, 4.69) is 5.32 Å². The molecule has 0 radical (unpaired) electrons. The van der Waals surface area contributed by atoms with Gasteiger partial charge in [0.25, 0.3) is 0 Å². The van der Waals surface area contributed by atoms with Crippen LogP contribution in [0.4, 0.5) is 4.39 Å². The molecular weight excluding hydrogens is 193 g/mol. The van der Waals surface area contributed by atoms with Gasteiger partial charge in [-0.25, -0.2) is 4.39 Å². The van der Waals surface area contributed by atoms with E-state index in [9.17, 15) is 9.50 Å². The average Bonchev–Trinajstić information content (AvgIpc) is 2.18. The third-order valence-electron chi connectivity index (χ3n) is 2.22. The van der Waals surface area contributed by atoms with Gasteiger partial charge in [0, 0.05) is 13.1 Å². The molecule has 2 N–H and O–H groups in total. The molecule has 0 aliphatic heterocycles. The van der Waals surface area contributed by atoms with Gasteiger partial charge in [-0.3, -0.25) is 0 Å². The summed E-state index contributed by atoms with van der Waals surface area (Å²) in [7, 11) is 0. The van der Waals surface area contributed by atoms with Crippen LogP contribution in [-0.4, -0.2) is 17.8 Å². The van der Waals surface area contributed by atoms with Crippen LogP contribution in [0.3, 0.4) is 0 Å². The largest absolute Gasteiger partial charge is 0.392 e. The zero-order valence-corrected chi connectivity index (χ0v) is 9.04. The number of aliphatic hydroxyl groups excluding tert-OH is 1. The van der Waals surface area contributed by atoms with Gasteiger partial charge in [-0.05, 0) is 24.1 Å². The molecule has 3 heteroatoms. The van der Waals surface area contributed by atoms with Crippen molar-refractivity contribution >= 4 is 0 Å². The fourth-order valence-electron chi connectivity index (χ4n) is 1.47. The molecule has 0 aliphatic rings. The van der Waals surface area contributed by atoms with E-state index >= 15 is 0 Å². The van der Waals surface area contributed by atoms with Crippen LogP contribution in [0.5, 0.6) is 0 Å². The van der Waals surface area contributed by atoms with Gasteiger partial charge in [-0.15, -0.1) is 0 Å². The standard InChI is InChI=1S/C12H18FNO/c1-2-4-12(15)9-14-8-10-5-3-6-11(13)7-10/h3,5-7,12,14-15H,2,4,8-9H2,1H3/t12-/m1/s1. The highest BCUT2D eigenvalue weighted by Gasteiger charge is 2.01. The molecule has 1 aromatic rings. The fourth-order valence-corrected chi connectivity index (χ4v) is 1.47. The van der Waals surface area contributed by atoms with Gasteiger partial charge in [0.15, 0.2) is 0 Å². The van der Waals surface area contributed by atoms with Gasteiger partial charge in [0.1, 0.15) is 5.82 Å². The van der Waals surface area contributed by atoms with Crippen molar-refractivity contribution in [3.8, 4) is 0 Å². The predicted molar refractivity (Wildman–Crippen MR) is 59.0 cm³/mol. The predicted octanol–water partition coefficient (Wildman–Crippen LogP) is 2.08. The highest BCUT2D eigenvalue weighted by Crippen LogP contribution is 2.03. The molecule has 0 amide bonds. The zero-order valence-electron chi connectivity index (χ0n) is 9.04. The topological polar surface area (TPSA) is 32.3 Å². The molecule has 0 aromatic heterocycles. The van der Waals surface area contributed by atoms with E-state index in [-0.39, 0.29) is 11.9 Å². The number of nitrogens with one attached hydrogen (secondary N) is 1. The van der Waals surface area contributed by atoms with Crippen LogP contribution in [0.15, 0.2) is 24.3 Å². The molecule has 2 nitrogen and oxygen atoms in total. The average molecular weight is 211 g/mol. The number of rotatable bonds is 6. The van der Waals surface area contributed by atoms with Crippen molar-refractivity contribution in [3.05, 3.63) is 35.6 Å². The third-order valence-corrected chi connectivity index (χ3v) is 2.22. The Bertz CT molecular complexity index is 291. The summed E-state index contributed by atoms with van der Waals surface area (Å²) < 4.78 is 12.8. The van der Waals surface area contributed by atoms with E-state index in [0.717, 1.165) is 18.4 Å². The van der Waals surface area contributed by atoms with E-state index < -0.39 is 0 Å². The Hall–Kier alpha value is -0.930. The molecule has 15 heavy (non-hydrogen) atoms. The van der Waals surface area contributed by atoms with Crippen LogP contribution >= 0.6 is 0 Å². The molecule has 84 valence electrons. The molecular formula is C12H18FNO. The molecule has 1 aromatic carbocycles. The minimum Gasteiger partial charge on any atom is -0.392 e. The van der Waals surface area contributed by atoms with Crippen molar-refractivity contribution in [2.45, 2.75) is 32.4 Å². The SMILES string of the molecule is CCC[C@@H](O)CNCc1cccc(F)c1. The Morgan fingerprint density at radius 3 is 2.93 bits per heavy atom. The first-order valence-electron chi connectivity index (χ1n) is 5.35. The van der Waals surface area contributed by atoms with Gasteiger partial charge in [0.2, 0.25) is 0 Å². The Morgan fingerprint density at radius 1 is 1.47 bits per heavy atom. The Balaban J connectivity index is 2.25. The van der Waals surface area contributed by atoms with Crippen molar-refractivity contribution in [1.82, 2.24) is 5.32 Å². The molecule has 0 spiro atoms. The molecule has 0 saturated heterocycles. The highest BCUT2D eigenvalue weighted by atomic mass is 19.1. The summed E-state index contributed by atoms with van der Waals surface area (Å²) in [6.45, 7) is 3.19. The first-order chi connectivity index (χ1) is 7.22. The maximum Gasteiger partial charge on any atom is 0.123 e. The van der Waals surface area contributed by atoms with Crippen LogP contribution in [0.1, 0.15) is 25.3 Å². The van der Waals surface area contributed by atoms with Crippen LogP contribution in [0, 0.1) is 5.82 Å². The molecule has 1 rings (SSSR count). The van der Waals surface area contributed by atoms with Gasteiger partial charge in [-0.1, -0.05) is 25.5 Å². The second-order valence-electron chi connectivity index (χ2n) is 3.70. The van der Waals surface area contributed by atoms with Gasteiger partial charge < -0.3 is 10.4 Å². The second kappa shape index (κ2) is 6.53. The first kappa shape index (κ1) is 12.1. The number of hydrogen-bond donors (Lipinski definition) is 2. The van der Waals surface area contributed by atoms with Gasteiger partial charge in [0.05, 0.1) is 6.10 Å². The van der Waals surface area contributed by atoms with E-state index in [4.69, 9.17) is 0 Å². The first-order valence-corrected chi connectivity index (χ1v) is 5.35. The lowest BCUT2D eigenvalue weighted by Crippen LogP contribution is -2.26. The van der Waals surface area contributed by atoms with Crippen molar-refractivity contribution in [1.29, 1.82) is 0 Å². The number of benzene rings is 1. The summed E-state index contributed by atoms with van der Waals surface area (Å²) in [5.41, 5.74) is 0.902. The second-order valence-corrected chi connectivity index (χ2v) is 3.70. The van der Waals surface area contributed by atoms with Gasteiger partial charge in [-0.2, -0.15) is 0 Å². The van der Waals surface area contributed by atoms with E-state index in [0.29, 0.717) is 13.1 Å². The summed E-state index contributed by atoms with van der Waals surface area (Å²) in [5, 5.41) is 12.5. The molecule has 0 fully saturated rings. The molecule has 1 atom stereocenters. The molecule has 0 saturated carbocycles. The smallest absolute Gasteiger partial charge is 0.123 e. The van der Waals surface area contributed by atoms with Crippen molar-refractivity contribution in [3.63, 3.8) is 0 Å². The fraction of sp³-hybridized carbons (Fsp3) is 0.500. The summed E-state index contributed by atoms with van der Waals surface area (Å²) in [6, 6.07) is 6.48. The Labute approximate surface area is 90.1 Å². The lowest BCUT2D eigenvalue weighted by Gasteiger charge is -2.10. The zero-order chi connectivity index (χ0) is 11.1. The van der Waals surface area contributed by atoms with Crippen LogP contribution < -0.4 is 5.32 Å². The van der Waals surface area contributed by atoms with Crippen molar-refractivity contribution in [2.24, 2.45) is 0 Å². The minimum atomic E-state index is -0.302. The van der Waals surface area contributed by atoms with Crippen molar-refractivity contribution in [2.75, 3.05) is 6.54 Å².